The largest absolute Gasteiger partial charge is 0.329 e. The van der Waals surface area contributed by atoms with E-state index in [9.17, 15) is 0 Å². The molecule has 3 aromatic rings. The number of benzene rings is 1. The number of rotatable bonds is 2. The molecule has 0 aliphatic heterocycles. The third-order valence-corrected chi connectivity index (χ3v) is 2.20. The summed E-state index contributed by atoms with van der Waals surface area (Å²) in [6.45, 7) is 0. The molecule has 0 spiro atoms. The zero-order valence-electron chi connectivity index (χ0n) is 8.38. The summed E-state index contributed by atoms with van der Waals surface area (Å²) in [5.41, 5.74) is 2.45. The van der Waals surface area contributed by atoms with Gasteiger partial charge in [-0.15, -0.1) is 0 Å². The summed E-state index contributed by atoms with van der Waals surface area (Å²) in [6, 6.07) is 9.79. The number of H-pyrrole nitrogens is 1. The van der Waals surface area contributed by atoms with Crippen molar-refractivity contribution >= 4 is 22.8 Å². The van der Waals surface area contributed by atoms with Crippen LogP contribution < -0.4 is 5.32 Å². The lowest BCUT2D eigenvalue weighted by Crippen LogP contribution is -1.96. The second kappa shape index (κ2) is 3.62. The van der Waals surface area contributed by atoms with E-state index < -0.39 is 0 Å². The molecule has 5 heteroatoms. The molecular weight excluding hydrogens is 202 g/mol. The van der Waals surface area contributed by atoms with Gasteiger partial charge in [0.1, 0.15) is 5.52 Å². The summed E-state index contributed by atoms with van der Waals surface area (Å²) in [7, 11) is 0. The van der Waals surface area contributed by atoms with E-state index in [4.69, 9.17) is 0 Å². The third-order valence-electron chi connectivity index (χ3n) is 2.20. The monoisotopic (exact) mass is 211 g/mol. The number of para-hydroxylation sites is 1. The second-order valence-electron chi connectivity index (χ2n) is 3.32. The van der Waals surface area contributed by atoms with Gasteiger partial charge in [0, 0.05) is 5.69 Å². The van der Waals surface area contributed by atoms with Crippen molar-refractivity contribution < 1.29 is 0 Å². The van der Waals surface area contributed by atoms with Crippen LogP contribution in [0.3, 0.4) is 0 Å². The molecule has 3 rings (SSSR count). The molecular formula is C11H9N5. The van der Waals surface area contributed by atoms with Gasteiger partial charge in [-0.3, -0.25) is 0 Å². The fourth-order valence-electron chi connectivity index (χ4n) is 1.45. The van der Waals surface area contributed by atoms with E-state index in [1.165, 1.54) is 0 Å². The normalized spacial score (nSPS) is 10.5. The first-order valence-corrected chi connectivity index (χ1v) is 4.90. The maximum Gasteiger partial charge on any atom is 0.229 e. The summed E-state index contributed by atoms with van der Waals surface area (Å²) in [5.74, 6) is 0.558. The zero-order valence-corrected chi connectivity index (χ0v) is 8.38. The highest BCUT2D eigenvalue weighted by Crippen LogP contribution is 2.13. The van der Waals surface area contributed by atoms with Crippen LogP contribution in [0.15, 0.2) is 42.9 Å². The average molecular weight is 211 g/mol. The predicted molar refractivity (Wildman–Crippen MR) is 61.4 cm³/mol. The Morgan fingerprint density at radius 1 is 1.06 bits per heavy atom. The van der Waals surface area contributed by atoms with Crippen molar-refractivity contribution in [2.75, 3.05) is 5.32 Å². The van der Waals surface area contributed by atoms with Crippen molar-refractivity contribution in [2.24, 2.45) is 0 Å². The third kappa shape index (κ3) is 1.58. The molecule has 0 aliphatic rings. The maximum absolute atomic E-state index is 4.29. The van der Waals surface area contributed by atoms with Gasteiger partial charge in [0.25, 0.3) is 0 Å². The van der Waals surface area contributed by atoms with E-state index in [0.717, 1.165) is 16.9 Å². The van der Waals surface area contributed by atoms with Crippen LogP contribution >= 0.6 is 0 Å². The van der Waals surface area contributed by atoms with Crippen LogP contribution in [0.5, 0.6) is 0 Å². The van der Waals surface area contributed by atoms with Crippen molar-refractivity contribution in [2.45, 2.75) is 0 Å². The van der Waals surface area contributed by atoms with Crippen LogP contribution in [0.4, 0.5) is 11.6 Å². The van der Waals surface area contributed by atoms with E-state index in [0.29, 0.717) is 5.95 Å². The fourth-order valence-corrected chi connectivity index (χ4v) is 1.45. The molecule has 5 nitrogen and oxygen atoms in total. The van der Waals surface area contributed by atoms with E-state index in [1.54, 1.807) is 12.5 Å². The number of hydrogen-bond acceptors (Lipinski definition) is 4. The minimum absolute atomic E-state index is 0.558. The van der Waals surface area contributed by atoms with Gasteiger partial charge in [-0.05, 0) is 12.1 Å². The lowest BCUT2D eigenvalue weighted by atomic mass is 10.3. The van der Waals surface area contributed by atoms with Gasteiger partial charge in [-0.1, -0.05) is 18.2 Å². The smallest absolute Gasteiger partial charge is 0.229 e. The SMILES string of the molecule is c1ccc(Nc2ncc3nc[nH]c3n2)cc1. The summed E-state index contributed by atoms with van der Waals surface area (Å²) >= 11 is 0. The molecule has 2 aromatic heterocycles. The first kappa shape index (κ1) is 8.84. The van der Waals surface area contributed by atoms with Crippen LogP contribution in [0.2, 0.25) is 0 Å². The number of hydrogen-bond donors (Lipinski definition) is 2. The van der Waals surface area contributed by atoms with Crippen molar-refractivity contribution in [3.8, 4) is 0 Å². The molecule has 16 heavy (non-hydrogen) atoms. The highest BCUT2D eigenvalue weighted by Gasteiger charge is 2.01. The van der Waals surface area contributed by atoms with Gasteiger partial charge in [-0.25, -0.2) is 9.97 Å². The minimum Gasteiger partial charge on any atom is -0.329 e. The molecule has 0 amide bonds. The van der Waals surface area contributed by atoms with Gasteiger partial charge in [0.05, 0.1) is 12.5 Å². The second-order valence-corrected chi connectivity index (χ2v) is 3.32. The maximum atomic E-state index is 4.29. The molecule has 0 saturated carbocycles. The molecule has 0 fully saturated rings. The predicted octanol–water partition coefficient (Wildman–Crippen LogP) is 2.10. The van der Waals surface area contributed by atoms with Gasteiger partial charge in [0.15, 0.2) is 5.65 Å². The minimum atomic E-state index is 0.558. The molecule has 2 heterocycles. The average Bonchev–Trinajstić information content (AvgIpc) is 2.77. The Morgan fingerprint density at radius 2 is 1.94 bits per heavy atom. The number of nitrogens with one attached hydrogen (secondary N) is 2. The number of aromatic nitrogens is 4. The number of fused-ring (bicyclic) bond motifs is 1. The van der Waals surface area contributed by atoms with Gasteiger partial charge < -0.3 is 10.3 Å². The van der Waals surface area contributed by atoms with E-state index in [1.807, 2.05) is 30.3 Å². The Morgan fingerprint density at radius 3 is 2.81 bits per heavy atom. The highest BCUT2D eigenvalue weighted by molar-refractivity contribution is 5.70. The Bertz CT molecular complexity index is 602. The molecule has 2 N–H and O–H groups in total. The quantitative estimate of drug-likeness (QED) is 0.681. The lowest BCUT2D eigenvalue weighted by Gasteiger charge is -2.02. The molecule has 0 radical (unpaired) electrons. The number of nitrogens with zero attached hydrogens (tertiary/aromatic N) is 3. The van der Waals surface area contributed by atoms with Crippen LogP contribution in [0.25, 0.3) is 11.2 Å². The molecule has 0 unspecified atom stereocenters. The summed E-state index contributed by atoms with van der Waals surface area (Å²) in [6.07, 6.45) is 3.29. The summed E-state index contributed by atoms with van der Waals surface area (Å²) < 4.78 is 0. The standard InChI is InChI=1S/C11H9N5/c1-2-4-8(5-3-1)15-11-12-6-9-10(16-11)14-7-13-9/h1-7H,(H2,12,13,14,15,16). The number of aromatic amines is 1. The molecule has 0 atom stereocenters. The Balaban J connectivity index is 1.94. The van der Waals surface area contributed by atoms with Crippen LogP contribution in [0.1, 0.15) is 0 Å². The van der Waals surface area contributed by atoms with Crippen LogP contribution in [-0.2, 0) is 0 Å². The highest BCUT2D eigenvalue weighted by atomic mass is 15.1. The summed E-state index contributed by atoms with van der Waals surface area (Å²) in [5, 5.41) is 3.12. The van der Waals surface area contributed by atoms with Gasteiger partial charge in [0.2, 0.25) is 5.95 Å². The van der Waals surface area contributed by atoms with E-state index in [-0.39, 0.29) is 0 Å². The first-order valence-electron chi connectivity index (χ1n) is 4.90. The van der Waals surface area contributed by atoms with Crippen LogP contribution in [0, 0.1) is 0 Å². The van der Waals surface area contributed by atoms with Gasteiger partial charge in [-0.2, -0.15) is 4.98 Å². The Hall–Kier alpha value is -2.43. The van der Waals surface area contributed by atoms with Crippen molar-refractivity contribution in [1.82, 2.24) is 19.9 Å². The van der Waals surface area contributed by atoms with Crippen LogP contribution in [-0.4, -0.2) is 19.9 Å². The molecule has 1 aromatic carbocycles. The Labute approximate surface area is 91.6 Å². The lowest BCUT2D eigenvalue weighted by molar-refractivity contribution is 1.19. The first-order chi connectivity index (χ1) is 7.92. The molecule has 78 valence electrons. The molecule has 0 bridgehead atoms. The molecule has 0 saturated heterocycles. The van der Waals surface area contributed by atoms with Gasteiger partial charge >= 0.3 is 0 Å². The van der Waals surface area contributed by atoms with Crippen molar-refractivity contribution in [3.05, 3.63) is 42.9 Å². The number of imidazole rings is 1. The van der Waals surface area contributed by atoms with Crippen molar-refractivity contribution in [3.63, 3.8) is 0 Å². The molecule has 0 aliphatic carbocycles. The fraction of sp³-hybridized carbons (Fsp3) is 0. The topological polar surface area (TPSA) is 66.5 Å². The Kier molecular flexibility index (Phi) is 2.00. The summed E-state index contributed by atoms with van der Waals surface area (Å²) in [4.78, 5) is 15.5. The van der Waals surface area contributed by atoms with E-state index in [2.05, 4.69) is 25.3 Å². The zero-order chi connectivity index (χ0) is 10.8. The van der Waals surface area contributed by atoms with E-state index >= 15 is 0 Å². The van der Waals surface area contributed by atoms with Crippen molar-refractivity contribution in [1.29, 1.82) is 0 Å². The number of anilines is 2.